The molecule has 1 aliphatic heterocycles. The maximum Gasteiger partial charge on any atom is 0.319 e. The highest BCUT2D eigenvalue weighted by molar-refractivity contribution is 5.97. The van der Waals surface area contributed by atoms with Gasteiger partial charge in [-0.2, -0.15) is 0 Å². The van der Waals surface area contributed by atoms with Crippen LogP contribution in [0.25, 0.3) is 0 Å². The van der Waals surface area contributed by atoms with E-state index in [9.17, 15) is 14.4 Å². The van der Waals surface area contributed by atoms with E-state index in [1.165, 1.54) is 0 Å². The molecule has 1 aromatic rings. The standard InChI is InChI=1S/C21H30N4O4/c1-14(23-20(27)15-5-2-3-6-15)19(26)24-16-8-10-17(11-9-16)25-21(28)22-13-18-7-4-12-29-18/h8-11,14-15,18H,2-7,12-13H2,1H3,(H,23,27)(H,24,26)(H2,22,25,28). The predicted molar refractivity (Wildman–Crippen MR) is 111 cm³/mol. The minimum atomic E-state index is -0.607. The van der Waals surface area contributed by atoms with E-state index in [-0.39, 0.29) is 29.9 Å². The first kappa shape index (κ1) is 21.1. The Balaban J connectivity index is 1.41. The van der Waals surface area contributed by atoms with Crippen LogP contribution in [0, 0.1) is 5.92 Å². The number of carbonyl (C=O) groups excluding carboxylic acids is 3. The zero-order valence-corrected chi connectivity index (χ0v) is 16.8. The molecule has 1 heterocycles. The minimum absolute atomic E-state index is 0.0296. The quantitative estimate of drug-likeness (QED) is 0.562. The first-order valence-electron chi connectivity index (χ1n) is 10.4. The molecule has 158 valence electrons. The monoisotopic (exact) mass is 402 g/mol. The van der Waals surface area contributed by atoms with E-state index in [0.717, 1.165) is 45.1 Å². The molecular formula is C21H30N4O4. The second kappa shape index (κ2) is 10.2. The summed E-state index contributed by atoms with van der Waals surface area (Å²) in [6, 6.07) is 5.94. The number of anilines is 2. The third kappa shape index (κ3) is 6.45. The number of nitrogens with one attached hydrogen (secondary N) is 4. The van der Waals surface area contributed by atoms with Crippen LogP contribution in [0.3, 0.4) is 0 Å². The summed E-state index contributed by atoms with van der Waals surface area (Å²) in [6.45, 7) is 2.92. The normalized spacial score (nSPS) is 20.1. The van der Waals surface area contributed by atoms with E-state index < -0.39 is 6.04 Å². The highest BCUT2D eigenvalue weighted by Crippen LogP contribution is 2.24. The van der Waals surface area contributed by atoms with Crippen molar-refractivity contribution < 1.29 is 19.1 Å². The van der Waals surface area contributed by atoms with Crippen molar-refractivity contribution in [3.05, 3.63) is 24.3 Å². The second-order valence-electron chi connectivity index (χ2n) is 7.75. The lowest BCUT2D eigenvalue weighted by Gasteiger charge is -2.17. The molecule has 8 nitrogen and oxygen atoms in total. The molecular weight excluding hydrogens is 372 g/mol. The van der Waals surface area contributed by atoms with E-state index in [0.29, 0.717) is 17.9 Å². The van der Waals surface area contributed by atoms with Crippen LogP contribution >= 0.6 is 0 Å². The van der Waals surface area contributed by atoms with Crippen molar-refractivity contribution in [3.8, 4) is 0 Å². The van der Waals surface area contributed by atoms with Crippen molar-refractivity contribution in [2.24, 2.45) is 5.92 Å². The molecule has 1 saturated carbocycles. The van der Waals surface area contributed by atoms with Gasteiger partial charge in [0, 0.05) is 30.4 Å². The van der Waals surface area contributed by atoms with Gasteiger partial charge in [0.1, 0.15) is 6.04 Å². The zero-order chi connectivity index (χ0) is 20.6. The average molecular weight is 402 g/mol. The van der Waals surface area contributed by atoms with Crippen molar-refractivity contribution in [2.45, 2.75) is 57.6 Å². The van der Waals surface area contributed by atoms with Crippen molar-refractivity contribution in [3.63, 3.8) is 0 Å². The van der Waals surface area contributed by atoms with Crippen LogP contribution in [0.1, 0.15) is 45.4 Å². The summed E-state index contributed by atoms with van der Waals surface area (Å²) in [5.74, 6) is -0.285. The minimum Gasteiger partial charge on any atom is -0.376 e. The second-order valence-corrected chi connectivity index (χ2v) is 7.75. The van der Waals surface area contributed by atoms with Gasteiger partial charge in [-0.25, -0.2) is 4.79 Å². The third-order valence-electron chi connectivity index (χ3n) is 5.40. The van der Waals surface area contributed by atoms with Crippen molar-refractivity contribution >= 4 is 29.2 Å². The van der Waals surface area contributed by atoms with Crippen molar-refractivity contribution in [1.82, 2.24) is 10.6 Å². The van der Waals surface area contributed by atoms with Gasteiger partial charge in [-0.3, -0.25) is 9.59 Å². The highest BCUT2D eigenvalue weighted by Gasteiger charge is 2.25. The summed E-state index contributed by atoms with van der Waals surface area (Å²) in [5, 5.41) is 11.1. The van der Waals surface area contributed by atoms with E-state index in [2.05, 4.69) is 21.3 Å². The Morgan fingerprint density at radius 3 is 2.28 bits per heavy atom. The zero-order valence-electron chi connectivity index (χ0n) is 16.8. The van der Waals surface area contributed by atoms with E-state index in [4.69, 9.17) is 4.74 Å². The molecule has 4 amide bonds. The first-order valence-corrected chi connectivity index (χ1v) is 10.4. The Bertz CT molecular complexity index is 710. The fraction of sp³-hybridized carbons (Fsp3) is 0.571. The number of benzene rings is 1. The molecule has 3 rings (SSSR count). The third-order valence-corrected chi connectivity index (χ3v) is 5.40. The van der Waals surface area contributed by atoms with Crippen LogP contribution in [-0.2, 0) is 14.3 Å². The van der Waals surface area contributed by atoms with Crippen LogP contribution in [0.5, 0.6) is 0 Å². The number of ether oxygens (including phenoxy) is 1. The summed E-state index contributed by atoms with van der Waals surface area (Å²) in [4.78, 5) is 36.4. The van der Waals surface area contributed by atoms with Crippen molar-refractivity contribution in [2.75, 3.05) is 23.8 Å². The van der Waals surface area contributed by atoms with E-state index in [1.54, 1.807) is 31.2 Å². The van der Waals surface area contributed by atoms with Crippen LogP contribution in [0.15, 0.2) is 24.3 Å². The number of hydrogen-bond acceptors (Lipinski definition) is 4. The molecule has 2 unspecified atom stereocenters. The van der Waals surface area contributed by atoms with Crippen LogP contribution in [0.2, 0.25) is 0 Å². The van der Waals surface area contributed by atoms with Gasteiger partial charge < -0.3 is 26.0 Å². The fourth-order valence-corrected chi connectivity index (χ4v) is 3.66. The summed E-state index contributed by atoms with van der Waals surface area (Å²) in [6.07, 6.45) is 6.04. The lowest BCUT2D eigenvalue weighted by molar-refractivity contribution is -0.128. The number of hydrogen-bond donors (Lipinski definition) is 4. The van der Waals surface area contributed by atoms with Crippen molar-refractivity contribution in [1.29, 1.82) is 0 Å². The van der Waals surface area contributed by atoms with E-state index in [1.807, 2.05) is 0 Å². The summed E-state index contributed by atoms with van der Waals surface area (Å²) in [7, 11) is 0. The lowest BCUT2D eigenvalue weighted by Crippen LogP contribution is -2.43. The first-order chi connectivity index (χ1) is 14.0. The van der Waals surface area contributed by atoms with Gasteiger partial charge in [-0.05, 0) is 56.9 Å². The predicted octanol–water partition coefficient (Wildman–Crippen LogP) is 2.62. The molecule has 4 N–H and O–H groups in total. The molecule has 2 fully saturated rings. The number of amides is 4. The smallest absolute Gasteiger partial charge is 0.319 e. The fourth-order valence-electron chi connectivity index (χ4n) is 3.66. The Hall–Kier alpha value is -2.61. The van der Waals surface area contributed by atoms with Gasteiger partial charge in [-0.1, -0.05) is 12.8 Å². The average Bonchev–Trinajstić information content (AvgIpc) is 3.42. The van der Waals surface area contributed by atoms with Gasteiger partial charge in [0.25, 0.3) is 0 Å². The topological polar surface area (TPSA) is 109 Å². The molecule has 0 bridgehead atoms. The van der Waals surface area contributed by atoms with Crippen LogP contribution in [0.4, 0.5) is 16.2 Å². The number of urea groups is 1. The number of rotatable bonds is 7. The maximum atomic E-state index is 12.3. The molecule has 0 spiro atoms. The molecule has 2 aliphatic rings. The molecule has 0 aromatic heterocycles. The molecule has 1 aliphatic carbocycles. The Morgan fingerprint density at radius 1 is 1.00 bits per heavy atom. The molecule has 1 saturated heterocycles. The SMILES string of the molecule is CC(NC(=O)C1CCCC1)C(=O)Nc1ccc(NC(=O)NCC2CCCO2)cc1. The lowest BCUT2D eigenvalue weighted by atomic mass is 10.1. The van der Waals surface area contributed by atoms with Gasteiger partial charge >= 0.3 is 6.03 Å². The summed E-state index contributed by atoms with van der Waals surface area (Å²) >= 11 is 0. The molecule has 29 heavy (non-hydrogen) atoms. The molecule has 1 aromatic carbocycles. The largest absolute Gasteiger partial charge is 0.376 e. The van der Waals surface area contributed by atoms with Crippen LogP contribution < -0.4 is 21.3 Å². The highest BCUT2D eigenvalue weighted by atomic mass is 16.5. The maximum absolute atomic E-state index is 12.3. The van der Waals surface area contributed by atoms with Gasteiger partial charge in [0.05, 0.1) is 6.10 Å². The Kier molecular flexibility index (Phi) is 7.46. The molecule has 0 radical (unpaired) electrons. The Labute approximate surface area is 171 Å². The summed E-state index contributed by atoms with van der Waals surface area (Å²) < 4.78 is 5.47. The molecule has 8 heteroatoms. The van der Waals surface area contributed by atoms with Gasteiger partial charge in [0.15, 0.2) is 0 Å². The van der Waals surface area contributed by atoms with Gasteiger partial charge in [-0.15, -0.1) is 0 Å². The van der Waals surface area contributed by atoms with Gasteiger partial charge in [0.2, 0.25) is 11.8 Å². The summed E-state index contributed by atoms with van der Waals surface area (Å²) in [5.41, 5.74) is 1.22. The molecule has 2 atom stereocenters. The number of carbonyl (C=O) groups is 3. The van der Waals surface area contributed by atoms with E-state index >= 15 is 0 Å². The Morgan fingerprint density at radius 2 is 1.66 bits per heavy atom. The van der Waals surface area contributed by atoms with Crippen LogP contribution in [-0.4, -0.2) is 43.1 Å².